The second kappa shape index (κ2) is 4.79. The highest BCUT2D eigenvalue weighted by Crippen LogP contribution is 2.36. The van der Waals surface area contributed by atoms with Gasteiger partial charge in [0.25, 0.3) is 0 Å². The van der Waals surface area contributed by atoms with Gasteiger partial charge in [0.1, 0.15) is 4.90 Å². The van der Waals surface area contributed by atoms with E-state index in [0.29, 0.717) is 13.1 Å². The number of nitrogens with zero attached hydrogens (tertiary/aromatic N) is 3. The molecule has 1 fully saturated rings. The SMILES string of the molecule is CCC1(C)CCN(S(=O)(=O)c2cn(C)nc2N)CC1. The van der Waals surface area contributed by atoms with Crippen LogP contribution >= 0.6 is 0 Å². The van der Waals surface area contributed by atoms with Gasteiger partial charge in [-0.15, -0.1) is 0 Å². The average molecular weight is 286 g/mol. The first-order valence-corrected chi connectivity index (χ1v) is 8.02. The molecule has 0 atom stereocenters. The van der Waals surface area contributed by atoms with Gasteiger partial charge in [-0.2, -0.15) is 9.40 Å². The monoisotopic (exact) mass is 286 g/mol. The molecule has 0 saturated carbocycles. The highest BCUT2D eigenvalue weighted by Gasteiger charge is 2.35. The summed E-state index contributed by atoms with van der Waals surface area (Å²) in [6, 6.07) is 0. The minimum absolute atomic E-state index is 0.0753. The van der Waals surface area contributed by atoms with Gasteiger partial charge in [-0.25, -0.2) is 8.42 Å². The molecule has 2 N–H and O–H groups in total. The van der Waals surface area contributed by atoms with Crippen molar-refractivity contribution in [2.45, 2.75) is 38.0 Å². The fourth-order valence-electron chi connectivity index (χ4n) is 2.44. The number of piperidine rings is 1. The van der Waals surface area contributed by atoms with Gasteiger partial charge in [0.05, 0.1) is 0 Å². The molecule has 1 saturated heterocycles. The third-order valence-corrected chi connectivity index (χ3v) is 6.14. The van der Waals surface area contributed by atoms with E-state index < -0.39 is 10.0 Å². The Morgan fingerprint density at radius 2 is 2.00 bits per heavy atom. The van der Waals surface area contributed by atoms with Crippen molar-refractivity contribution in [3.8, 4) is 0 Å². The summed E-state index contributed by atoms with van der Waals surface area (Å²) in [5.74, 6) is 0.0753. The molecular formula is C12H22N4O2S. The smallest absolute Gasteiger partial charge is 0.248 e. The van der Waals surface area contributed by atoms with Crippen LogP contribution in [0.25, 0.3) is 0 Å². The average Bonchev–Trinajstić information content (AvgIpc) is 2.70. The number of aromatic nitrogens is 2. The molecule has 1 aromatic heterocycles. The molecule has 2 heterocycles. The summed E-state index contributed by atoms with van der Waals surface area (Å²) in [5, 5.41) is 3.91. The number of nitrogens with two attached hydrogens (primary N) is 1. The van der Waals surface area contributed by atoms with Crippen molar-refractivity contribution < 1.29 is 8.42 Å². The van der Waals surface area contributed by atoms with E-state index in [0.717, 1.165) is 19.3 Å². The van der Waals surface area contributed by atoms with Crippen LogP contribution < -0.4 is 5.73 Å². The Morgan fingerprint density at radius 1 is 1.42 bits per heavy atom. The summed E-state index contributed by atoms with van der Waals surface area (Å²) in [6.45, 7) is 5.49. The van der Waals surface area contributed by atoms with Gasteiger partial charge >= 0.3 is 0 Å². The molecule has 19 heavy (non-hydrogen) atoms. The Kier molecular flexibility index (Phi) is 3.61. The van der Waals surface area contributed by atoms with Gasteiger partial charge in [0.15, 0.2) is 5.82 Å². The maximum Gasteiger partial charge on any atom is 0.248 e. The van der Waals surface area contributed by atoms with Crippen LogP contribution in [0.2, 0.25) is 0 Å². The summed E-state index contributed by atoms with van der Waals surface area (Å²) in [5.41, 5.74) is 5.93. The first-order valence-electron chi connectivity index (χ1n) is 6.58. The lowest BCUT2D eigenvalue weighted by Crippen LogP contribution is -2.41. The minimum Gasteiger partial charge on any atom is -0.381 e. The predicted molar refractivity (Wildman–Crippen MR) is 74.0 cm³/mol. The highest BCUT2D eigenvalue weighted by atomic mass is 32.2. The van der Waals surface area contributed by atoms with Crippen LogP contribution in [0.3, 0.4) is 0 Å². The van der Waals surface area contributed by atoms with Gasteiger partial charge in [-0.3, -0.25) is 4.68 Å². The Hall–Kier alpha value is -1.08. The van der Waals surface area contributed by atoms with Crippen LogP contribution in [0.1, 0.15) is 33.1 Å². The molecule has 0 radical (unpaired) electrons. The lowest BCUT2D eigenvalue weighted by Gasteiger charge is -2.38. The van der Waals surface area contributed by atoms with E-state index in [4.69, 9.17) is 5.73 Å². The molecule has 0 aliphatic carbocycles. The summed E-state index contributed by atoms with van der Waals surface area (Å²) in [7, 11) is -1.84. The van der Waals surface area contributed by atoms with Crippen molar-refractivity contribution in [3.05, 3.63) is 6.20 Å². The van der Waals surface area contributed by atoms with Gasteiger partial charge in [0, 0.05) is 26.3 Å². The Morgan fingerprint density at radius 3 is 2.42 bits per heavy atom. The highest BCUT2D eigenvalue weighted by molar-refractivity contribution is 7.89. The van der Waals surface area contributed by atoms with E-state index in [2.05, 4.69) is 18.9 Å². The number of anilines is 1. The van der Waals surface area contributed by atoms with Crippen molar-refractivity contribution >= 4 is 15.8 Å². The molecule has 0 aromatic carbocycles. The number of aryl methyl sites for hydroxylation is 1. The van der Waals surface area contributed by atoms with Gasteiger partial charge < -0.3 is 5.73 Å². The van der Waals surface area contributed by atoms with E-state index >= 15 is 0 Å². The molecule has 1 aromatic rings. The largest absolute Gasteiger partial charge is 0.381 e. The molecule has 0 spiro atoms. The molecule has 2 rings (SSSR count). The van der Waals surface area contributed by atoms with Crippen molar-refractivity contribution in [2.24, 2.45) is 12.5 Å². The molecule has 0 unspecified atom stereocenters. The summed E-state index contributed by atoms with van der Waals surface area (Å²) in [6.07, 6.45) is 4.33. The zero-order chi connectivity index (χ0) is 14.3. The first-order chi connectivity index (χ1) is 8.78. The van der Waals surface area contributed by atoms with E-state index in [1.54, 1.807) is 7.05 Å². The van der Waals surface area contributed by atoms with Crippen molar-refractivity contribution in [2.75, 3.05) is 18.8 Å². The summed E-state index contributed by atoms with van der Waals surface area (Å²) in [4.78, 5) is 0.120. The normalized spacial score (nSPS) is 20.6. The molecule has 6 nitrogen and oxygen atoms in total. The molecule has 0 amide bonds. The summed E-state index contributed by atoms with van der Waals surface area (Å²) >= 11 is 0. The fraction of sp³-hybridized carbons (Fsp3) is 0.750. The molecule has 7 heteroatoms. The van der Waals surface area contributed by atoms with Crippen LogP contribution in [-0.4, -0.2) is 35.6 Å². The number of hydrogen-bond donors (Lipinski definition) is 1. The Balaban J connectivity index is 2.21. The van der Waals surface area contributed by atoms with Gasteiger partial charge in [-0.1, -0.05) is 20.3 Å². The van der Waals surface area contributed by atoms with Crippen molar-refractivity contribution in [1.82, 2.24) is 14.1 Å². The Bertz CT molecular complexity index is 556. The van der Waals surface area contributed by atoms with E-state index in [1.165, 1.54) is 15.2 Å². The topological polar surface area (TPSA) is 81.2 Å². The van der Waals surface area contributed by atoms with E-state index in [9.17, 15) is 8.42 Å². The number of hydrogen-bond acceptors (Lipinski definition) is 4. The summed E-state index contributed by atoms with van der Waals surface area (Å²) < 4.78 is 28.0. The van der Waals surface area contributed by atoms with Crippen LogP contribution in [0.5, 0.6) is 0 Å². The van der Waals surface area contributed by atoms with Crippen molar-refractivity contribution in [1.29, 1.82) is 0 Å². The van der Waals surface area contributed by atoms with Crippen molar-refractivity contribution in [3.63, 3.8) is 0 Å². The zero-order valence-corrected chi connectivity index (χ0v) is 12.6. The van der Waals surface area contributed by atoms with Gasteiger partial charge in [-0.05, 0) is 18.3 Å². The second-order valence-electron chi connectivity index (χ2n) is 5.62. The van der Waals surface area contributed by atoms with E-state index in [1.807, 2.05) is 0 Å². The maximum atomic E-state index is 12.5. The number of nitrogen functional groups attached to an aromatic ring is 1. The lowest BCUT2D eigenvalue weighted by atomic mass is 9.79. The van der Waals surface area contributed by atoms with Crippen LogP contribution in [0.15, 0.2) is 11.1 Å². The maximum absolute atomic E-state index is 12.5. The quantitative estimate of drug-likeness (QED) is 0.905. The first kappa shape index (κ1) is 14.3. The third-order valence-electron chi connectivity index (χ3n) is 4.22. The predicted octanol–water partition coefficient (Wildman–Crippen LogP) is 1.20. The second-order valence-corrected chi connectivity index (χ2v) is 7.53. The van der Waals surface area contributed by atoms with Crippen LogP contribution in [-0.2, 0) is 17.1 Å². The van der Waals surface area contributed by atoms with Crippen LogP contribution in [0, 0.1) is 5.41 Å². The molecule has 1 aliphatic heterocycles. The van der Waals surface area contributed by atoms with E-state index in [-0.39, 0.29) is 16.1 Å². The molecule has 0 bridgehead atoms. The third kappa shape index (κ3) is 2.62. The standard InChI is InChI=1S/C12H22N4O2S/c1-4-12(2)5-7-16(8-6-12)19(17,18)10-9-15(3)14-11(10)13/h9H,4-8H2,1-3H3,(H2,13,14). The minimum atomic E-state index is -3.51. The number of rotatable bonds is 3. The molecule has 108 valence electrons. The lowest BCUT2D eigenvalue weighted by molar-refractivity contribution is 0.169. The van der Waals surface area contributed by atoms with Gasteiger partial charge in [0.2, 0.25) is 10.0 Å². The Labute approximate surface area is 114 Å². The number of sulfonamides is 1. The zero-order valence-electron chi connectivity index (χ0n) is 11.8. The van der Waals surface area contributed by atoms with Crippen LogP contribution in [0.4, 0.5) is 5.82 Å². The molecule has 1 aliphatic rings. The molecular weight excluding hydrogens is 264 g/mol. The fourth-order valence-corrected chi connectivity index (χ4v) is 3.97.